The molecule has 4 rings (SSSR count). The molecule has 1 saturated heterocycles. The molecule has 1 amide bonds. The van der Waals surface area contributed by atoms with Gasteiger partial charge in [-0.1, -0.05) is 24.3 Å². The zero-order valence-electron chi connectivity index (χ0n) is 20.0. The Kier molecular flexibility index (Phi) is 7.85. The fourth-order valence-corrected chi connectivity index (χ4v) is 4.73. The Morgan fingerprint density at radius 1 is 1.03 bits per heavy atom. The van der Waals surface area contributed by atoms with Crippen molar-refractivity contribution in [3.05, 3.63) is 64.7 Å². The molecule has 2 aliphatic rings. The van der Waals surface area contributed by atoms with E-state index in [0.29, 0.717) is 57.2 Å². The van der Waals surface area contributed by atoms with Gasteiger partial charge in [0, 0.05) is 37.7 Å². The number of carboxylic acid groups (broad SMARTS) is 1. The van der Waals surface area contributed by atoms with Gasteiger partial charge in [-0.3, -0.25) is 9.69 Å². The summed E-state index contributed by atoms with van der Waals surface area (Å²) in [4.78, 5) is 28.6. The number of carbonyl (C=O) groups excluding carboxylic acids is 1. The molecule has 2 aromatic rings. The highest BCUT2D eigenvalue weighted by Gasteiger charge is 2.34. The average molecular weight is 467 g/mol. The first kappa shape index (κ1) is 24.2. The predicted octanol–water partition coefficient (Wildman–Crippen LogP) is 3.59. The lowest BCUT2D eigenvalue weighted by molar-refractivity contribution is -0.141. The van der Waals surface area contributed by atoms with E-state index in [1.807, 2.05) is 12.1 Å². The largest absolute Gasteiger partial charge is 0.491 e. The van der Waals surface area contributed by atoms with Crippen molar-refractivity contribution in [2.75, 3.05) is 32.9 Å². The maximum absolute atomic E-state index is 13.2. The lowest BCUT2D eigenvalue weighted by atomic mass is 9.99. The summed E-state index contributed by atoms with van der Waals surface area (Å²) in [7, 11) is 0. The van der Waals surface area contributed by atoms with E-state index in [1.165, 1.54) is 10.5 Å². The van der Waals surface area contributed by atoms with Crippen LogP contribution in [-0.2, 0) is 22.5 Å². The zero-order chi connectivity index (χ0) is 24.1. The molecule has 2 aromatic carbocycles. The second-order valence-corrected chi connectivity index (χ2v) is 9.34. The number of fused-ring (bicyclic) bond motifs is 3. The van der Waals surface area contributed by atoms with Gasteiger partial charge in [-0.2, -0.15) is 0 Å². The Balaban J connectivity index is 1.63. The molecular formula is C27H34N2O5. The Bertz CT molecular complexity index is 1020. The van der Waals surface area contributed by atoms with Gasteiger partial charge in [-0.05, 0) is 61.6 Å². The molecule has 0 saturated carbocycles. The van der Waals surface area contributed by atoms with Crippen molar-refractivity contribution in [3.8, 4) is 5.75 Å². The van der Waals surface area contributed by atoms with Crippen LogP contribution in [0.3, 0.4) is 0 Å². The number of likely N-dealkylation sites (tertiary alicyclic amines) is 1. The molecule has 1 fully saturated rings. The molecule has 7 heteroatoms. The van der Waals surface area contributed by atoms with Crippen LogP contribution in [0, 0.1) is 0 Å². The van der Waals surface area contributed by atoms with Gasteiger partial charge in [0.25, 0.3) is 5.91 Å². The standard InChI is InChI=1S/C27H34N2O5/c1-19(2)28-11-12-33-13-14-34-25-9-8-22(26(30)29-10-4-7-24(29)27(31)32)17-23(25)16-20-5-3-6-21(15-20)18-28/h3,5-6,8-9,15,17,19,24H,4,7,10-14,16,18H2,1-2H3,(H,31,32). The average Bonchev–Trinajstić information content (AvgIpc) is 3.31. The number of nitrogens with zero attached hydrogens (tertiary/aromatic N) is 2. The number of ether oxygens (including phenoxy) is 2. The molecule has 34 heavy (non-hydrogen) atoms. The van der Waals surface area contributed by atoms with Gasteiger partial charge in [0.2, 0.25) is 0 Å². The Labute approximate surface area is 201 Å². The van der Waals surface area contributed by atoms with Crippen molar-refractivity contribution >= 4 is 11.9 Å². The highest BCUT2D eigenvalue weighted by Crippen LogP contribution is 2.27. The second kappa shape index (κ2) is 11.0. The number of amides is 1. The monoisotopic (exact) mass is 466 g/mol. The molecule has 0 spiro atoms. The van der Waals surface area contributed by atoms with Crippen LogP contribution in [0.25, 0.3) is 0 Å². The molecular weight excluding hydrogens is 432 g/mol. The van der Waals surface area contributed by atoms with Crippen LogP contribution in [0.2, 0.25) is 0 Å². The number of hydrogen-bond acceptors (Lipinski definition) is 5. The van der Waals surface area contributed by atoms with Gasteiger partial charge in [0.05, 0.1) is 13.2 Å². The summed E-state index contributed by atoms with van der Waals surface area (Å²) < 4.78 is 11.9. The smallest absolute Gasteiger partial charge is 0.326 e. The van der Waals surface area contributed by atoms with Gasteiger partial charge >= 0.3 is 5.97 Å². The summed E-state index contributed by atoms with van der Waals surface area (Å²) in [6.45, 7) is 8.12. The molecule has 0 aromatic heterocycles. The number of carbonyl (C=O) groups is 2. The summed E-state index contributed by atoms with van der Waals surface area (Å²) in [5.41, 5.74) is 3.79. The Hall–Kier alpha value is -2.90. The first-order valence-electron chi connectivity index (χ1n) is 12.1. The molecule has 1 N–H and O–H groups in total. The van der Waals surface area contributed by atoms with Crippen LogP contribution >= 0.6 is 0 Å². The van der Waals surface area contributed by atoms with Crippen molar-refractivity contribution in [3.63, 3.8) is 0 Å². The van der Waals surface area contributed by atoms with Crippen LogP contribution in [0.4, 0.5) is 0 Å². The SMILES string of the molecule is CC(C)N1CCOCCOc2ccc(C(=O)N3CCCC3C(=O)O)cc2Cc2cccc(c2)C1. The number of benzene rings is 2. The number of carboxylic acids is 1. The third kappa shape index (κ3) is 5.77. The summed E-state index contributed by atoms with van der Waals surface area (Å²) in [5.74, 6) is -0.459. The fourth-order valence-electron chi connectivity index (χ4n) is 4.73. The summed E-state index contributed by atoms with van der Waals surface area (Å²) in [6.07, 6.45) is 1.82. The first-order valence-corrected chi connectivity index (χ1v) is 12.1. The third-order valence-corrected chi connectivity index (χ3v) is 6.62. The third-order valence-electron chi connectivity index (χ3n) is 6.62. The van der Waals surface area contributed by atoms with Crippen molar-refractivity contribution < 1.29 is 24.2 Å². The second-order valence-electron chi connectivity index (χ2n) is 9.34. The normalized spacial score (nSPS) is 19.9. The van der Waals surface area contributed by atoms with Crippen LogP contribution in [0.1, 0.15) is 53.7 Å². The summed E-state index contributed by atoms with van der Waals surface area (Å²) >= 11 is 0. The van der Waals surface area contributed by atoms with Crippen molar-refractivity contribution in [1.29, 1.82) is 0 Å². The maximum Gasteiger partial charge on any atom is 0.326 e. The molecule has 2 bridgehead atoms. The molecule has 2 aliphatic heterocycles. The molecule has 1 unspecified atom stereocenters. The molecule has 0 radical (unpaired) electrons. The van der Waals surface area contributed by atoms with E-state index in [0.717, 1.165) is 30.0 Å². The highest BCUT2D eigenvalue weighted by molar-refractivity contribution is 5.97. The number of rotatable bonds is 3. The van der Waals surface area contributed by atoms with Gasteiger partial charge in [0.15, 0.2) is 0 Å². The lowest BCUT2D eigenvalue weighted by Crippen LogP contribution is -2.40. The summed E-state index contributed by atoms with van der Waals surface area (Å²) in [5, 5.41) is 9.49. The van der Waals surface area contributed by atoms with Crippen molar-refractivity contribution in [2.24, 2.45) is 0 Å². The van der Waals surface area contributed by atoms with E-state index in [1.54, 1.807) is 6.07 Å². The number of hydrogen-bond donors (Lipinski definition) is 1. The lowest BCUT2D eigenvalue weighted by Gasteiger charge is -2.27. The van der Waals surface area contributed by atoms with Crippen LogP contribution in [0.5, 0.6) is 5.75 Å². The van der Waals surface area contributed by atoms with Crippen LogP contribution in [0.15, 0.2) is 42.5 Å². The van der Waals surface area contributed by atoms with Crippen LogP contribution in [-0.4, -0.2) is 71.8 Å². The minimum Gasteiger partial charge on any atom is -0.491 e. The van der Waals surface area contributed by atoms with Gasteiger partial charge in [-0.25, -0.2) is 4.79 Å². The van der Waals surface area contributed by atoms with Crippen molar-refractivity contribution in [2.45, 2.75) is 51.7 Å². The topological polar surface area (TPSA) is 79.3 Å². The Morgan fingerprint density at radius 3 is 2.65 bits per heavy atom. The zero-order valence-corrected chi connectivity index (χ0v) is 20.0. The van der Waals surface area contributed by atoms with E-state index in [-0.39, 0.29) is 5.91 Å². The van der Waals surface area contributed by atoms with Gasteiger partial charge < -0.3 is 19.5 Å². The van der Waals surface area contributed by atoms with E-state index in [9.17, 15) is 14.7 Å². The minimum atomic E-state index is -0.945. The molecule has 0 aliphatic carbocycles. The highest BCUT2D eigenvalue weighted by atomic mass is 16.5. The van der Waals surface area contributed by atoms with E-state index in [2.05, 4.69) is 43.0 Å². The number of aliphatic carboxylic acids is 1. The quantitative estimate of drug-likeness (QED) is 0.745. The van der Waals surface area contributed by atoms with E-state index in [4.69, 9.17) is 9.47 Å². The minimum absolute atomic E-state index is 0.239. The van der Waals surface area contributed by atoms with Crippen molar-refractivity contribution in [1.82, 2.24) is 9.80 Å². The first-order chi connectivity index (χ1) is 16.4. The molecule has 2 heterocycles. The van der Waals surface area contributed by atoms with Gasteiger partial charge in [-0.15, -0.1) is 0 Å². The molecule has 7 nitrogen and oxygen atoms in total. The Morgan fingerprint density at radius 2 is 1.85 bits per heavy atom. The molecule has 1 atom stereocenters. The fraction of sp³-hybridized carbons (Fsp3) is 0.481. The van der Waals surface area contributed by atoms with E-state index < -0.39 is 12.0 Å². The van der Waals surface area contributed by atoms with Gasteiger partial charge in [0.1, 0.15) is 18.4 Å². The van der Waals surface area contributed by atoms with E-state index >= 15 is 0 Å². The summed E-state index contributed by atoms with van der Waals surface area (Å²) in [6, 6.07) is 13.6. The van der Waals surface area contributed by atoms with Crippen LogP contribution < -0.4 is 4.74 Å². The molecule has 182 valence electrons. The maximum atomic E-state index is 13.2. The predicted molar refractivity (Wildman–Crippen MR) is 129 cm³/mol.